The second-order valence-corrected chi connectivity index (χ2v) is 10.5. The van der Waals surface area contributed by atoms with Crippen LogP contribution in [0.3, 0.4) is 0 Å². The summed E-state index contributed by atoms with van der Waals surface area (Å²) in [5.74, 6) is -5.01. The molecule has 0 aromatic carbocycles. The standard InChI is InChI=1S/C20H24O10/c1-6-12(23)28-11-9(21)18-8-5-7(16(2,3)4)17(18)10(22)13(24)29-15(17)30-20(18,14(25)27-8)19(6,11)26/h6-11,15,21-22,26H,5H2,1-4H3/t6-,7+,8?,9+,10+,11?,15?,17?,18+,19+,20?/m1/s1/i5T/t5-,6-,7+,8?,9+,10+,11?,15?,17?,18+,19+,20?. The van der Waals surface area contributed by atoms with E-state index in [0.717, 1.165) is 0 Å². The molecule has 4 heterocycles. The average Bonchev–Trinajstić information content (AvgIpc) is 3.35. The zero-order valence-corrected chi connectivity index (χ0v) is 16.8. The van der Waals surface area contributed by atoms with Crippen LogP contribution in [0.15, 0.2) is 0 Å². The molecule has 164 valence electrons. The van der Waals surface area contributed by atoms with Crippen LogP contribution in [-0.4, -0.2) is 75.1 Å². The van der Waals surface area contributed by atoms with Crippen molar-refractivity contribution < 1.29 is 50.0 Å². The fraction of sp³-hybridized carbons (Fsp3) is 0.850. The van der Waals surface area contributed by atoms with E-state index in [-0.39, 0.29) is 0 Å². The average molecular weight is 426 g/mol. The van der Waals surface area contributed by atoms with Crippen LogP contribution in [0, 0.1) is 28.1 Å². The summed E-state index contributed by atoms with van der Waals surface area (Å²) < 4.78 is 31.3. The maximum Gasteiger partial charge on any atom is 0.343 e. The van der Waals surface area contributed by atoms with Gasteiger partial charge in [-0.3, -0.25) is 4.79 Å². The fourth-order valence-electron chi connectivity index (χ4n) is 7.77. The number of carbonyl (C=O) groups is 3. The molecule has 0 bridgehead atoms. The summed E-state index contributed by atoms with van der Waals surface area (Å²) in [6, 6.07) is 0. The number of carbonyl (C=O) groups excluding carboxylic acids is 3. The normalized spacial score (nSPS) is 63.0. The highest BCUT2D eigenvalue weighted by Crippen LogP contribution is 2.84. The Bertz CT molecular complexity index is 962. The Morgan fingerprint density at radius 3 is 2.40 bits per heavy atom. The third-order valence-corrected chi connectivity index (χ3v) is 8.66. The van der Waals surface area contributed by atoms with Crippen molar-refractivity contribution in [1.29, 1.82) is 0 Å². The molecular formula is C20H24O10. The molecule has 3 N–H and O–H groups in total. The highest BCUT2D eigenvalue weighted by atomic mass is 16.8. The molecule has 4 saturated heterocycles. The molecule has 5 unspecified atom stereocenters. The molecule has 4 aliphatic heterocycles. The predicted octanol–water partition coefficient (Wildman–Crippen LogP) is -1.37. The summed E-state index contributed by atoms with van der Waals surface area (Å²) in [5, 5.41) is 34.8. The lowest BCUT2D eigenvalue weighted by molar-refractivity contribution is -0.239. The molecule has 0 amide bonds. The van der Waals surface area contributed by atoms with Gasteiger partial charge in [0.2, 0.25) is 11.9 Å². The Labute approximate surface area is 172 Å². The van der Waals surface area contributed by atoms with Crippen LogP contribution in [0.4, 0.5) is 0 Å². The van der Waals surface area contributed by atoms with Gasteiger partial charge in [0.25, 0.3) is 0 Å². The fourth-order valence-corrected chi connectivity index (χ4v) is 7.77. The molecule has 2 aliphatic carbocycles. The number of esters is 3. The lowest BCUT2D eigenvalue weighted by Gasteiger charge is -2.47. The largest absolute Gasteiger partial charge is 0.459 e. The van der Waals surface area contributed by atoms with E-state index in [4.69, 9.17) is 20.3 Å². The Kier molecular flexibility index (Phi) is 2.80. The van der Waals surface area contributed by atoms with Gasteiger partial charge in [0.15, 0.2) is 17.8 Å². The Hall–Kier alpha value is -1.75. The number of hydrogen-bond acceptors (Lipinski definition) is 10. The van der Waals surface area contributed by atoms with E-state index in [9.17, 15) is 29.7 Å². The monoisotopic (exact) mass is 426 g/mol. The lowest BCUT2D eigenvalue weighted by atomic mass is 9.51. The summed E-state index contributed by atoms with van der Waals surface area (Å²) in [6.07, 6.45) is -9.18. The van der Waals surface area contributed by atoms with E-state index < -0.39 is 94.3 Å². The first-order valence-corrected chi connectivity index (χ1v) is 10.1. The van der Waals surface area contributed by atoms with Gasteiger partial charge in [0.05, 0.1) is 16.7 Å². The molecule has 0 radical (unpaired) electrons. The number of ether oxygens (including phenoxy) is 4. The minimum absolute atomic E-state index is 0.729. The van der Waals surface area contributed by atoms with Gasteiger partial charge in [0, 0.05) is 1.37 Å². The molecule has 2 spiro atoms. The van der Waals surface area contributed by atoms with Crippen LogP contribution in [-0.2, 0) is 33.3 Å². The highest BCUT2D eigenvalue weighted by Gasteiger charge is 3.03. The van der Waals surface area contributed by atoms with Crippen LogP contribution in [0.1, 0.15) is 35.5 Å². The van der Waals surface area contributed by atoms with Crippen LogP contribution in [0.2, 0.25) is 0 Å². The van der Waals surface area contributed by atoms with Gasteiger partial charge in [-0.25, -0.2) is 9.59 Å². The van der Waals surface area contributed by atoms with Crippen LogP contribution in [0.25, 0.3) is 0 Å². The Morgan fingerprint density at radius 1 is 1.10 bits per heavy atom. The molecule has 6 fully saturated rings. The molecule has 10 heteroatoms. The van der Waals surface area contributed by atoms with Crippen LogP contribution >= 0.6 is 0 Å². The number of aliphatic hydroxyl groups excluding tert-OH is 2. The van der Waals surface area contributed by atoms with Crippen LogP contribution < -0.4 is 0 Å². The number of hydrogen-bond donors (Lipinski definition) is 3. The van der Waals surface area contributed by atoms with Crippen molar-refractivity contribution in [3.8, 4) is 0 Å². The predicted molar refractivity (Wildman–Crippen MR) is 92.0 cm³/mol. The zero-order valence-electron chi connectivity index (χ0n) is 17.8. The lowest BCUT2D eigenvalue weighted by Crippen LogP contribution is -2.67. The minimum atomic E-state index is -2.36. The van der Waals surface area contributed by atoms with Gasteiger partial charge in [-0.05, 0) is 24.7 Å². The maximum atomic E-state index is 13.4. The molecule has 0 aromatic rings. The van der Waals surface area contributed by atoms with Gasteiger partial charge in [-0.15, -0.1) is 0 Å². The third-order valence-electron chi connectivity index (χ3n) is 8.66. The topological polar surface area (TPSA) is 149 Å². The Balaban J connectivity index is 1.75. The van der Waals surface area contributed by atoms with E-state index >= 15 is 0 Å². The number of aliphatic hydroxyl groups is 3. The van der Waals surface area contributed by atoms with Crippen molar-refractivity contribution in [2.24, 2.45) is 28.1 Å². The summed E-state index contributed by atoms with van der Waals surface area (Å²) in [7, 11) is 0. The van der Waals surface area contributed by atoms with Crippen molar-refractivity contribution in [3.63, 3.8) is 0 Å². The van der Waals surface area contributed by atoms with Crippen molar-refractivity contribution in [3.05, 3.63) is 0 Å². The molecule has 6 rings (SSSR count). The first-order valence-electron chi connectivity index (χ1n) is 10.7. The van der Waals surface area contributed by atoms with Crippen molar-refractivity contribution in [1.82, 2.24) is 0 Å². The van der Waals surface area contributed by atoms with E-state index in [1.807, 2.05) is 0 Å². The highest BCUT2D eigenvalue weighted by molar-refractivity contribution is 5.94. The third kappa shape index (κ3) is 1.33. The van der Waals surface area contributed by atoms with E-state index in [1.54, 1.807) is 20.8 Å². The van der Waals surface area contributed by atoms with E-state index in [2.05, 4.69) is 0 Å². The minimum Gasteiger partial charge on any atom is -0.459 e. The molecule has 12 atom stereocenters. The van der Waals surface area contributed by atoms with Gasteiger partial charge >= 0.3 is 17.9 Å². The zero-order chi connectivity index (χ0) is 22.7. The first-order chi connectivity index (χ1) is 14.3. The SMILES string of the molecule is [3H][C@H]1C2OC(=O)C34OC5OC(=O)[C@H](O)C5([C@@H]1C(C)(C)C)[C@@]23[C@@H](O)C1OC(=O)[C@@H](C)[C@]14O. The van der Waals surface area contributed by atoms with Crippen molar-refractivity contribution in [2.75, 3.05) is 0 Å². The van der Waals surface area contributed by atoms with Gasteiger partial charge < -0.3 is 34.3 Å². The summed E-state index contributed by atoms with van der Waals surface area (Å²) in [4.78, 5) is 38.4. The second-order valence-electron chi connectivity index (χ2n) is 10.5. The smallest absolute Gasteiger partial charge is 0.343 e. The van der Waals surface area contributed by atoms with Gasteiger partial charge in [-0.2, -0.15) is 0 Å². The molecule has 6 aliphatic rings. The molecular weight excluding hydrogens is 400 g/mol. The number of rotatable bonds is 0. The molecule has 10 nitrogen and oxygen atoms in total. The Morgan fingerprint density at radius 2 is 1.77 bits per heavy atom. The summed E-state index contributed by atoms with van der Waals surface area (Å²) in [6.45, 7) is 6.77. The molecule has 0 aromatic heterocycles. The van der Waals surface area contributed by atoms with Crippen molar-refractivity contribution >= 4 is 17.9 Å². The van der Waals surface area contributed by atoms with E-state index in [1.165, 1.54) is 6.92 Å². The maximum absolute atomic E-state index is 13.4. The van der Waals surface area contributed by atoms with Gasteiger partial charge in [-0.1, -0.05) is 20.8 Å². The number of fused-ring (bicyclic) bond motifs is 1. The van der Waals surface area contributed by atoms with Gasteiger partial charge in [0.1, 0.15) is 12.2 Å². The van der Waals surface area contributed by atoms with E-state index in [0.29, 0.717) is 0 Å². The molecule has 2 saturated carbocycles. The van der Waals surface area contributed by atoms with Crippen molar-refractivity contribution in [2.45, 2.75) is 76.0 Å². The quantitative estimate of drug-likeness (QED) is 0.313. The summed E-state index contributed by atoms with van der Waals surface area (Å²) >= 11 is 0. The first kappa shape index (κ1) is 17.9. The molecule has 30 heavy (non-hydrogen) atoms. The second kappa shape index (κ2) is 4.69. The summed E-state index contributed by atoms with van der Waals surface area (Å²) in [5.41, 5.74) is -9.15. The van der Waals surface area contributed by atoms with Crippen LogP contribution in [0.5, 0.6) is 0 Å².